The number of carbonyl (C=O) groups is 2. The lowest BCUT2D eigenvalue weighted by molar-refractivity contribution is -0.134. The Hall–Kier alpha value is -3.68. The Morgan fingerprint density at radius 2 is 1.88 bits per heavy atom. The molecule has 0 unspecified atom stereocenters. The average Bonchev–Trinajstić information content (AvgIpc) is 3.17. The number of aromatic amines is 2. The summed E-state index contributed by atoms with van der Waals surface area (Å²) in [6, 6.07) is 16.6. The summed E-state index contributed by atoms with van der Waals surface area (Å²) in [4.78, 5) is 43.1. The molecule has 1 fully saturated rings. The van der Waals surface area contributed by atoms with E-state index < -0.39 is 5.69 Å². The van der Waals surface area contributed by atoms with Gasteiger partial charge in [0.1, 0.15) is 0 Å². The monoisotopic (exact) mass is 433 g/mol. The van der Waals surface area contributed by atoms with Crippen LogP contribution in [0, 0.1) is 12.8 Å². The van der Waals surface area contributed by atoms with Gasteiger partial charge in [-0.05, 0) is 37.0 Å². The zero-order valence-corrected chi connectivity index (χ0v) is 18.3. The van der Waals surface area contributed by atoms with Crippen molar-refractivity contribution in [3.63, 3.8) is 0 Å². The zero-order valence-electron chi connectivity index (χ0n) is 18.3. The number of likely N-dealkylation sites (N-methyl/N-ethyl adjacent to an activating group) is 1. The van der Waals surface area contributed by atoms with Gasteiger partial charge >= 0.3 is 5.69 Å². The Morgan fingerprint density at radius 1 is 1.09 bits per heavy atom. The summed E-state index contributed by atoms with van der Waals surface area (Å²) in [6.45, 7) is 5.73. The molecule has 32 heavy (non-hydrogen) atoms. The highest BCUT2D eigenvalue weighted by molar-refractivity contribution is 5.91. The largest absolute Gasteiger partial charge is 0.341 e. The number of benzene rings is 2. The van der Waals surface area contributed by atoms with E-state index in [2.05, 4.69) is 52.4 Å². The number of amides is 2. The quantitative estimate of drug-likeness (QED) is 0.644. The highest BCUT2D eigenvalue weighted by atomic mass is 16.2. The van der Waals surface area contributed by atoms with Crippen LogP contribution < -0.4 is 5.69 Å². The number of hydrogen-bond acceptors (Lipinski definition) is 4. The van der Waals surface area contributed by atoms with E-state index >= 15 is 0 Å². The van der Waals surface area contributed by atoms with Gasteiger partial charge in [-0.15, -0.1) is 5.10 Å². The lowest BCUT2D eigenvalue weighted by Crippen LogP contribution is -2.38. The van der Waals surface area contributed by atoms with Crippen molar-refractivity contribution >= 4 is 11.8 Å². The summed E-state index contributed by atoms with van der Waals surface area (Å²) in [5.74, 6) is -0.736. The average molecular weight is 434 g/mol. The van der Waals surface area contributed by atoms with E-state index in [9.17, 15) is 14.4 Å². The summed E-state index contributed by atoms with van der Waals surface area (Å²) >= 11 is 0. The molecule has 2 amide bonds. The highest BCUT2D eigenvalue weighted by Crippen LogP contribution is 2.23. The normalized spacial score (nSPS) is 16.8. The third-order valence-electron chi connectivity index (χ3n) is 5.90. The maximum absolute atomic E-state index is 13.1. The van der Waals surface area contributed by atoms with E-state index in [1.54, 1.807) is 9.80 Å². The molecule has 166 valence electrons. The first-order chi connectivity index (χ1) is 15.4. The number of carbonyl (C=O) groups excluding carboxylic acids is 2. The van der Waals surface area contributed by atoms with Crippen LogP contribution in [0.1, 0.15) is 28.7 Å². The smallest absolute Gasteiger partial charge is 0.341 e. The van der Waals surface area contributed by atoms with E-state index in [1.165, 1.54) is 5.56 Å². The maximum Gasteiger partial charge on any atom is 0.341 e. The molecule has 1 aromatic heterocycles. The zero-order chi connectivity index (χ0) is 22.7. The predicted octanol–water partition coefficient (Wildman–Crippen LogP) is 2.24. The molecule has 2 heterocycles. The van der Waals surface area contributed by atoms with Gasteiger partial charge in [0.25, 0.3) is 5.91 Å². The fourth-order valence-electron chi connectivity index (χ4n) is 4.16. The van der Waals surface area contributed by atoms with Gasteiger partial charge in [0.15, 0.2) is 0 Å². The Labute approximate surface area is 186 Å². The Balaban J connectivity index is 1.53. The molecule has 1 aliphatic rings. The van der Waals surface area contributed by atoms with Crippen molar-refractivity contribution in [3.8, 4) is 11.1 Å². The molecule has 0 aliphatic carbocycles. The minimum atomic E-state index is -0.528. The summed E-state index contributed by atoms with van der Waals surface area (Å²) < 4.78 is 0. The van der Waals surface area contributed by atoms with E-state index in [0.29, 0.717) is 26.1 Å². The Kier molecular flexibility index (Phi) is 6.20. The molecule has 8 nitrogen and oxygen atoms in total. The van der Waals surface area contributed by atoms with Crippen molar-refractivity contribution in [3.05, 3.63) is 76.0 Å². The molecule has 1 aliphatic heterocycles. The molecule has 2 aromatic carbocycles. The van der Waals surface area contributed by atoms with Crippen molar-refractivity contribution in [2.45, 2.75) is 20.3 Å². The SMILES string of the molecule is CCN1CCN(C(=O)c2n[nH]c(=O)[nH]2)C[C@H](Cc2ccc(-c3cccc(C)c3)cc2)C1=O. The first kappa shape index (κ1) is 21.5. The standard InChI is InChI=1S/C24H27N5O3/c1-3-28-11-12-29(23(31)21-25-24(32)27-26-21)15-20(22(28)30)14-17-7-9-18(10-8-17)19-6-4-5-16(2)13-19/h4-10,13,20H,3,11-12,14-15H2,1-2H3,(H2,25,26,27,32)/t20-/m0/s1. The van der Waals surface area contributed by atoms with Gasteiger partial charge in [-0.1, -0.05) is 54.1 Å². The second-order valence-corrected chi connectivity index (χ2v) is 8.16. The summed E-state index contributed by atoms with van der Waals surface area (Å²) in [7, 11) is 0. The van der Waals surface area contributed by atoms with Gasteiger partial charge in [-0.2, -0.15) is 0 Å². The Bertz CT molecular complexity index is 1160. The molecule has 8 heteroatoms. The minimum absolute atomic E-state index is 0.0337. The third-order valence-corrected chi connectivity index (χ3v) is 5.90. The molecule has 0 spiro atoms. The molecule has 3 aromatic rings. The molecule has 4 rings (SSSR count). The number of aryl methyl sites for hydroxylation is 1. The van der Waals surface area contributed by atoms with E-state index in [1.807, 2.05) is 25.1 Å². The second-order valence-electron chi connectivity index (χ2n) is 8.16. The third kappa shape index (κ3) is 4.64. The fourth-order valence-corrected chi connectivity index (χ4v) is 4.16. The van der Waals surface area contributed by atoms with Gasteiger partial charge in [-0.25, -0.2) is 9.89 Å². The molecule has 0 bridgehead atoms. The number of aromatic nitrogens is 3. The molecule has 1 atom stereocenters. The predicted molar refractivity (Wildman–Crippen MR) is 121 cm³/mol. The Morgan fingerprint density at radius 3 is 2.53 bits per heavy atom. The number of hydrogen-bond donors (Lipinski definition) is 2. The van der Waals surface area contributed by atoms with Gasteiger partial charge < -0.3 is 9.80 Å². The van der Waals surface area contributed by atoms with Crippen molar-refractivity contribution < 1.29 is 9.59 Å². The van der Waals surface area contributed by atoms with E-state index in [0.717, 1.165) is 16.7 Å². The maximum atomic E-state index is 13.1. The van der Waals surface area contributed by atoms with Crippen LogP contribution in [0.5, 0.6) is 0 Å². The first-order valence-electron chi connectivity index (χ1n) is 10.8. The van der Waals surface area contributed by atoms with Crippen LogP contribution in [-0.4, -0.2) is 63.0 Å². The fraction of sp³-hybridized carbons (Fsp3) is 0.333. The number of nitrogens with zero attached hydrogens (tertiary/aromatic N) is 3. The number of H-pyrrole nitrogens is 2. The molecule has 2 N–H and O–H groups in total. The molecular formula is C24H27N5O3. The molecular weight excluding hydrogens is 406 g/mol. The summed E-state index contributed by atoms with van der Waals surface area (Å²) in [6.07, 6.45) is 0.532. The lowest BCUT2D eigenvalue weighted by Gasteiger charge is -2.23. The van der Waals surface area contributed by atoms with Crippen molar-refractivity contribution in [1.29, 1.82) is 0 Å². The van der Waals surface area contributed by atoms with Crippen LogP contribution in [0.2, 0.25) is 0 Å². The van der Waals surface area contributed by atoms with Crippen molar-refractivity contribution in [2.75, 3.05) is 26.2 Å². The molecule has 0 saturated carbocycles. The summed E-state index contributed by atoms with van der Waals surface area (Å²) in [5, 5.41) is 5.97. The second kappa shape index (κ2) is 9.21. The van der Waals surface area contributed by atoms with E-state index in [-0.39, 0.29) is 30.1 Å². The van der Waals surface area contributed by atoms with Crippen LogP contribution >= 0.6 is 0 Å². The van der Waals surface area contributed by atoms with Gasteiger partial charge in [-0.3, -0.25) is 14.6 Å². The molecule has 0 radical (unpaired) electrons. The number of rotatable bonds is 5. The van der Waals surface area contributed by atoms with Crippen LogP contribution in [0.3, 0.4) is 0 Å². The van der Waals surface area contributed by atoms with Gasteiger partial charge in [0.2, 0.25) is 11.7 Å². The van der Waals surface area contributed by atoms with Crippen molar-refractivity contribution in [1.82, 2.24) is 25.0 Å². The highest BCUT2D eigenvalue weighted by Gasteiger charge is 2.32. The topological polar surface area (TPSA) is 102 Å². The lowest BCUT2D eigenvalue weighted by atomic mass is 9.95. The summed E-state index contributed by atoms with van der Waals surface area (Å²) in [5.41, 5.74) is 4.00. The van der Waals surface area contributed by atoms with Crippen LogP contribution in [0.25, 0.3) is 11.1 Å². The van der Waals surface area contributed by atoms with Gasteiger partial charge in [0, 0.05) is 26.2 Å². The van der Waals surface area contributed by atoms with E-state index in [4.69, 9.17) is 0 Å². The molecule has 1 saturated heterocycles. The van der Waals surface area contributed by atoms with Crippen LogP contribution in [0.15, 0.2) is 53.3 Å². The minimum Gasteiger partial charge on any atom is -0.341 e. The van der Waals surface area contributed by atoms with Crippen LogP contribution in [-0.2, 0) is 11.2 Å². The van der Waals surface area contributed by atoms with Crippen LogP contribution in [0.4, 0.5) is 0 Å². The first-order valence-corrected chi connectivity index (χ1v) is 10.8. The number of nitrogens with one attached hydrogen (secondary N) is 2. The van der Waals surface area contributed by atoms with Gasteiger partial charge in [0.05, 0.1) is 5.92 Å². The van der Waals surface area contributed by atoms with Crippen molar-refractivity contribution in [2.24, 2.45) is 5.92 Å².